The summed E-state index contributed by atoms with van der Waals surface area (Å²) >= 11 is 1.66. The third kappa shape index (κ3) is 7.77. The Morgan fingerprint density at radius 1 is 1.33 bits per heavy atom. The van der Waals surface area contributed by atoms with Gasteiger partial charge in [0.1, 0.15) is 6.04 Å². The number of urea groups is 1. The number of primary amides is 1. The molecule has 0 aromatic rings. The summed E-state index contributed by atoms with van der Waals surface area (Å²) in [7, 11) is 0. The van der Waals surface area contributed by atoms with E-state index < -0.39 is 30.4 Å². The SMILES string of the molecule is CCSCC(C)NC(=O)N[C@@H](CC(N)=O)C(=O)O. The Labute approximate surface area is 110 Å². The summed E-state index contributed by atoms with van der Waals surface area (Å²) in [4.78, 5) is 32.9. The number of rotatable bonds is 8. The van der Waals surface area contributed by atoms with E-state index in [1.807, 2.05) is 13.8 Å². The first-order chi connectivity index (χ1) is 8.36. The maximum Gasteiger partial charge on any atom is 0.326 e. The van der Waals surface area contributed by atoms with Crippen molar-refractivity contribution in [1.29, 1.82) is 0 Å². The normalized spacial score (nSPS) is 13.4. The highest BCUT2D eigenvalue weighted by Crippen LogP contribution is 2.01. The first kappa shape index (κ1) is 16.6. The van der Waals surface area contributed by atoms with Crippen LogP contribution in [0.5, 0.6) is 0 Å². The van der Waals surface area contributed by atoms with Gasteiger partial charge in [-0.1, -0.05) is 6.92 Å². The van der Waals surface area contributed by atoms with Crippen LogP contribution in [0, 0.1) is 0 Å². The molecule has 7 nitrogen and oxygen atoms in total. The molecule has 8 heteroatoms. The molecule has 0 saturated heterocycles. The molecule has 0 aromatic carbocycles. The van der Waals surface area contributed by atoms with Gasteiger partial charge in [0, 0.05) is 11.8 Å². The van der Waals surface area contributed by atoms with Crippen LogP contribution in [0.4, 0.5) is 4.79 Å². The van der Waals surface area contributed by atoms with Crippen molar-refractivity contribution in [2.75, 3.05) is 11.5 Å². The number of nitrogens with two attached hydrogens (primary N) is 1. The molecule has 1 unspecified atom stereocenters. The summed E-state index contributed by atoms with van der Waals surface area (Å²) in [6.07, 6.45) is -0.430. The average molecular weight is 277 g/mol. The number of carboxylic acids is 1. The minimum Gasteiger partial charge on any atom is -0.480 e. The van der Waals surface area contributed by atoms with Gasteiger partial charge in [0.2, 0.25) is 5.91 Å². The van der Waals surface area contributed by atoms with E-state index in [4.69, 9.17) is 10.8 Å². The summed E-state index contributed by atoms with van der Waals surface area (Å²) in [5.74, 6) is -0.401. The molecule has 2 atom stereocenters. The molecule has 0 bridgehead atoms. The van der Waals surface area contributed by atoms with E-state index in [0.717, 1.165) is 11.5 Å². The van der Waals surface area contributed by atoms with Crippen molar-refractivity contribution in [3.63, 3.8) is 0 Å². The third-order valence-electron chi connectivity index (χ3n) is 1.96. The van der Waals surface area contributed by atoms with E-state index in [9.17, 15) is 14.4 Å². The van der Waals surface area contributed by atoms with Crippen LogP contribution < -0.4 is 16.4 Å². The van der Waals surface area contributed by atoms with Crippen LogP contribution in [0.15, 0.2) is 0 Å². The molecule has 0 heterocycles. The molecular formula is C10H19N3O4S. The highest BCUT2D eigenvalue weighted by molar-refractivity contribution is 7.99. The van der Waals surface area contributed by atoms with Gasteiger partial charge in [-0.25, -0.2) is 9.59 Å². The summed E-state index contributed by atoms with van der Waals surface area (Å²) in [6, 6.07) is -2.00. The standard InChI is InChI=1S/C10H19N3O4S/c1-3-18-5-6(2)12-10(17)13-7(9(15)16)4-8(11)14/h6-7H,3-5H2,1-2H3,(H2,11,14)(H,15,16)(H2,12,13,17)/t6?,7-/m0/s1. The minimum absolute atomic E-state index is 0.0852. The summed E-state index contributed by atoms with van der Waals surface area (Å²) < 4.78 is 0. The fourth-order valence-electron chi connectivity index (χ4n) is 1.16. The highest BCUT2D eigenvalue weighted by Gasteiger charge is 2.22. The van der Waals surface area contributed by atoms with E-state index in [0.29, 0.717) is 0 Å². The van der Waals surface area contributed by atoms with E-state index in [1.165, 1.54) is 0 Å². The molecular weight excluding hydrogens is 258 g/mol. The molecule has 104 valence electrons. The lowest BCUT2D eigenvalue weighted by Gasteiger charge is -2.17. The largest absolute Gasteiger partial charge is 0.480 e. The van der Waals surface area contributed by atoms with Crippen LogP contribution in [0.3, 0.4) is 0 Å². The maximum absolute atomic E-state index is 11.5. The van der Waals surface area contributed by atoms with Crippen molar-refractivity contribution < 1.29 is 19.5 Å². The number of amides is 3. The Hall–Kier alpha value is -1.44. The number of carboxylic acid groups (broad SMARTS) is 1. The number of carbonyl (C=O) groups is 3. The lowest BCUT2D eigenvalue weighted by atomic mass is 10.2. The number of aliphatic carboxylic acids is 1. The molecule has 5 N–H and O–H groups in total. The minimum atomic E-state index is -1.30. The maximum atomic E-state index is 11.5. The Kier molecular flexibility index (Phi) is 7.93. The van der Waals surface area contributed by atoms with Gasteiger partial charge in [-0.3, -0.25) is 4.79 Å². The summed E-state index contributed by atoms with van der Waals surface area (Å²) in [5, 5.41) is 13.6. The predicted molar refractivity (Wildman–Crippen MR) is 69.4 cm³/mol. The number of hydrogen-bond acceptors (Lipinski definition) is 4. The number of thioether (sulfide) groups is 1. The molecule has 0 aliphatic rings. The first-order valence-electron chi connectivity index (χ1n) is 5.52. The van der Waals surface area contributed by atoms with E-state index in [-0.39, 0.29) is 6.04 Å². The topological polar surface area (TPSA) is 122 Å². The van der Waals surface area contributed by atoms with Crippen molar-refractivity contribution >= 4 is 29.7 Å². The fraction of sp³-hybridized carbons (Fsp3) is 0.700. The van der Waals surface area contributed by atoms with Crippen LogP contribution in [-0.4, -0.2) is 46.6 Å². The van der Waals surface area contributed by atoms with Crippen LogP contribution in [0.2, 0.25) is 0 Å². The highest BCUT2D eigenvalue weighted by atomic mass is 32.2. The molecule has 0 radical (unpaired) electrons. The molecule has 0 saturated carbocycles. The van der Waals surface area contributed by atoms with Crippen molar-refractivity contribution in [3.8, 4) is 0 Å². The van der Waals surface area contributed by atoms with Gasteiger partial charge in [-0.15, -0.1) is 0 Å². The molecule has 0 spiro atoms. The Morgan fingerprint density at radius 2 is 1.94 bits per heavy atom. The van der Waals surface area contributed by atoms with E-state index in [1.54, 1.807) is 11.8 Å². The molecule has 0 aromatic heterocycles. The first-order valence-corrected chi connectivity index (χ1v) is 6.68. The summed E-state index contributed by atoms with van der Waals surface area (Å²) in [6.45, 7) is 3.82. The van der Waals surface area contributed by atoms with Gasteiger partial charge in [0.05, 0.1) is 6.42 Å². The van der Waals surface area contributed by atoms with Crippen LogP contribution in [-0.2, 0) is 9.59 Å². The van der Waals surface area contributed by atoms with E-state index in [2.05, 4.69) is 10.6 Å². The average Bonchev–Trinajstić information content (AvgIpc) is 2.24. The summed E-state index contributed by atoms with van der Waals surface area (Å²) in [5.41, 5.74) is 4.90. The molecule has 3 amide bonds. The number of nitrogens with one attached hydrogen (secondary N) is 2. The zero-order valence-electron chi connectivity index (χ0n) is 10.4. The predicted octanol–water partition coefficient (Wildman–Crippen LogP) is -0.244. The van der Waals surface area contributed by atoms with Gasteiger partial charge in [-0.05, 0) is 12.7 Å². The lowest BCUT2D eigenvalue weighted by Crippen LogP contribution is -2.50. The Morgan fingerprint density at radius 3 is 2.39 bits per heavy atom. The van der Waals surface area contributed by atoms with Gasteiger partial charge in [-0.2, -0.15) is 11.8 Å². The third-order valence-corrected chi connectivity index (χ3v) is 3.10. The smallest absolute Gasteiger partial charge is 0.326 e. The Balaban J connectivity index is 4.17. The number of hydrogen-bond donors (Lipinski definition) is 4. The van der Waals surface area contributed by atoms with Crippen molar-refractivity contribution in [2.24, 2.45) is 5.73 Å². The Bertz CT molecular complexity index is 311. The van der Waals surface area contributed by atoms with Crippen molar-refractivity contribution in [1.82, 2.24) is 10.6 Å². The van der Waals surface area contributed by atoms with E-state index >= 15 is 0 Å². The fourth-order valence-corrected chi connectivity index (χ4v) is 1.83. The zero-order chi connectivity index (χ0) is 14.1. The molecule has 0 rings (SSSR count). The van der Waals surface area contributed by atoms with Gasteiger partial charge in [0.15, 0.2) is 0 Å². The second-order valence-electron chi connectivity index (χ2n) is 3.74. The molecule has 18 heavy (non-hydrogen) atoms. The zero-order valence-corrected chi connectivity index (χ0v) is 11.3. The second kappa shape index (κ2) is 8.62. The quantitative estimate of drug-likeness (QED) is 0.487. The monoisotopic (exact) mass is 277 g/mol. The van der Waals surface area contributed by atoms with Gasteiger partial charge < -0.3 is 21.5 Å². The van der Waals surface area contributed by atoms with Gasteiger partial charge in [0.25, 0.3) is 0 Å². The molecule has 0 aliphatic heterocycles. The van der Waals surface area contributed by atoms with Crippen molar-refractivity contribution in [3.05, 3.63) is 0 Å². The lowest BCUT2D eigenvalue weighted by molar-refractivity contribution is -0.140. The van der Waals surface area contributed by atoms with Crippen molar-refractivity contribution in [2.45, 2.75) is 32.4 Å². The van der Waals surface area contributed by atoms with Crippen LogP contribution >= 0.6 is 11.8 Å². The molecule has 0 fully saturated rings. The van der Waals surface area contributed by atoms with Crippen LogP contribution in [0.25, 0.3) is 0 Å². The van der Waals surface area contributed by atoms with Crippen LogP contribution in [0.1, 0.15) is 20.3 Å². The second-order valence-corrected chi connectivity index (χ2v) is 5.06. The van der Waals surface area contributed by atoms with Gasteiger partial charge >= 0.3 is 12.0 Å². The molecule has 0 aliphatic carbocycles. The number of carbonyl (C=O) groups excluding carboxylic acids is 2.